The van der Waals surface area contributed by atoms with E-state index >= 15 is 0 Å². The van der Waals surface area contributed by atoms with Gasteiger partial charge in [-0.3, -0.25) is 4.79 Å². The number of amides is 2. The zero-order valence-electron chi connectivity index (χ0n) is 11.7. The van der Waals surface area contributed by atoms with Gasteiger partial charge in [-0.1, -0.05) is 13.8 Å². The highest BCUT2D eigenvalue weighted by Gasteiger charge is 2.20. The highest BCUT2D eigenvalue weighted by molar-refractivity contribution is 5.82. The first-order valence-corrected chi connectivity index (χ1v) is 5.82. The Hall–Kier alpha value is -1.26. The van der Waals surface area contributed by atoms with Crippen LogP contribution in [0.4, 0.5) is 4.79 Å². The molecule has 0 unspecified atom stereocenters. The van der Waals surface area contributed by atoms with Crippen LogP contribution in [0.5, 0.6) is 0 Å². The van der Waals surface area contributed by atoms with Crippen LogP contribution in [-0.4, -0.2) is 42.6 Å². The van der Waals surface area contributed by atoms with Gasteiger partial charge in [0.1, 0.15) is 12.1 Å². The molecule has 1 N–H and O–H groups in total. The van der Waals surface area contributed by atoms with Crippen molar-refractivity contribution in [3.05, 3.63) is 0 Å². The molecular formula is C12H24N2O3. The van der Waals surface area contributed by atoms with Crippen molar-refractivity contribution in [3.8, 4) is 0 Å². The van der Waals surface area contributed by atoms with Gasteiger partial charge in [0, 0.05) is 13.6 Å². The number of nitrogens with zero attached hydrogens (tertiary/aromatic N) is 1. The minimum Gasteiger partial charge on any atom is -0.444 e. The van der Waals surface area contributed by atoms with E-state index in [1.807, 2.05) is 13.8 Å². The molecule has 0 bridgehead atoms. The summed E-state index contributed by atoms with van der Waals surface area (Å²) in [6.07, 6.45) is -0.489. The number of carbonyl (C=O) groups is 2. The van der Waals surface area contributed by atoms with Crippen LogP contribution in [0.25, 0.3) is 0 Å². The van der Waals surface area contributed by atoms with E-state index in [1.54, 1.807) is 27.8 Å². The number of nitrogens with one attached hydrogen (secondary N) is 1. The van der Waals surface area contributed by atoms with Crippen molar-refractivity contribution in [2.45, 2.75) is 40.2 Å². The Morgan fingerprint density at radius 1 is 1.29 bits per heavy atom. The first kappa shape index (κ1) is 15.7. The van der Waals surface area contributed by atoms with Crippen molar-refractivity contribution in [3.63, 3.8) is 0 Å². The molecule has 0 aliphatic carbocycles. The van der Waals surface area contributed by atoms with Crippen LogP contribution < -0.4 is 5.32 Å². The van der Waals surface area contributed by atoms with Gasteiger partial charge in [0.05, 0.1) is 0 Å². The van der Waals surface area contributed by atoms with Crippen LogP contribution in [0, 0.1) is 5.92 Å². The predicted octanol–water partition coefficient (Wildman–Crippen LogP) is 1.63. The second-order valence-corrected chi connectivity index (χ2v) is 5.53. The Morgan fingerprint density at radius 3 is 2.24 bits per heavy atom. The Bertz CT molecular complexity index is 269. The molecular weight excluding hydrogens is 220 g/mol. The number of hydrogen-bond donors (Lipinski definition) is 1. The molecule has 2 amide bonds. The molecule has 0 fully saturated rings. The second kappa shape index (κ2) is 6.47. The van der Waals surface area contributed by atoms with Crippen molar-refractivity contribution < 1.29 is 14.3 Å². The fraction of sp³-hybridized carbons (Fsp3) is 0.833. The van der Waals surface area contributed by atoms with Gasteiger partial charge >= 0.3 is 6.09 Å². The van der Waals surface area contributed by atoms with Crippen LogP contribution in [-0.2, 0) is 9.53 Å². The van der Waals surface area contributed by atoms with Crippen molar-refractivity contribution >= 4 is 12.0 Å². The fourth-order valence-corrected chi connectivity index (χ4v) is 0.994. The van der Waals surface area contributed by atoms with E-state index < -0.39 is 11.7 Å². The average Bonchev–Trinajstić information content (AvgIpc) is 2.11. The van der Waals surface area contributed by atoms with Crippen LogP contribution >= 0.6 is 0 Å². The van der Waals surface area contributed by atoms with Crippen molar-refractivity contribution in [1.29, 1.82) is 0 Å². The third-order valence-corrected chi connectivity index (χ3v) is 1.79. The second-order valence-electron chi connectivity index (χ2n) is 5.53. The fourth-order valence-electron chi connectivity index (χ4n) is 0.994. The average molecular weight is 244 g/mol. The lowest BCUT2D eigenvalue weighted by Gasteiger charge is -2.24. The lowest BCUT2D eigenvalue weighted by molar-refractivity contribution is -0.122. The summed E-state index contributed by atoms with van der Waals surface area (Å²) in [5, 5.41) is 2.74. The molecule has 0 saturated heterocycles. The Kier molecular flexibility index (Phi) is 5.99. The van der Waals surface area contributed by atoms with E-state index in [4.69, 9.17) is 4.74 Å². The number of likely N-dealkylation sites (N-methyl/N-ethyl adjacent to an activating group) is 1. The molecule has 0 aliphatic heterocycles. The van der Waals surface area contributed by atoms with Gasteiger partial charge in [0.25, 0.3) is 0 Å². The summed E-state index contributed by atoms with van der Waals surface area (Å²) >= 11 is 0. The quantitative estimate of drug-likeness (QED) is 0.817. The van der Waals surface area contributed by atoms with Gasteiger partial charge < -0.3 is 15.0 Å². The minimum absolute atomic E-state index is 0.0155. The molecule has 0 atom stereocenters. The third-order valence-electron chi connectivity index (χ3n) is 1.79. The number of rotatable bonds is 4. The molecule has 0 spiro atoms. The normalized spacial score (nSPS) is 11.2. The standard InChI is InChI=1S/C12H24N2O3/c1-9(2)7-13-10(15)8-14(6)11(16)17-12(3,4)5/h9H,7-8H2,1-6H3,(H,13,15). The SMILES string of the molecule is CC(C)CNC(=O)CN(C)C(=O)OC(C)(C)C. The van der Waals surface area contributed by atoms with Gasteiger partial charge in [-0.25, -0.2) is 4.79 Å². The molecule has 5 nitrogen and oxygen atoms in total. The summed E-state index contributed by atoms with van der Waals surface area (Å²) in [5.74, 6) is 0.220. The summed E-state index contributed by atoms with van der Waals surface area (Å²) in [5.41, 5.74) is -0.542. The van der Waals surface area contributed by atoms with Crippen molar-refractivity contribution in [2.75, 3.05) is 20.1 Å². The molecule has 0 aromatic rings. The zero-order chi connectivity index (χ0) is 13.6. The van der Waals surface area contributed by atoms with Gasteiger partial charge in [-0.05, 0) is 26.7 Å². The topological polar surface area (TPSA) is 58.6 Å². The van der Waals surface area contributed by atoms with Crippen LogP contribution in [0.15, 0.2) is 0 Å². The molecule has 0 aliphatic rings. The summed E-state index contributed by atoms with van der Waals surface area (Å²) in [6, 6.07) is 0. The lowest BCUT2D eigenvalue weighted by Crippen LogP contribution is -2.41. The summed E-state index contributed by atoms with van der Waals surface area (Å²) in [6.45, 7) is 10.0. The predicted molar refractivity (Wildman–Crippen MR) is 66.7 cm³/mol. The van der Waals surface area contributed by atoms with E-state index in [-0.39, 0.29) is 12.5 Å². The first-order chi connectivity index (χ1) is 7.61. The maximum Gasteiger partial charge on any atom is 0.410 e. The summed E-state index contributed by atoms with van der Waals surface area (Å²) in [4.78, 5) is 24.3. The Labute approximate surface area is 103 Å². The first-order valence-electron chi connectivity index (χ1n) is 5.82. The number of carbonyl (C=O) groups excluding carboxylic acids is 2. The molecule has 100 valence electrons. The molecule has 0 saturated carbocycles. The maximum atomic E-state index is 11.6. The number of hydrogen-bond acceptors (Lipinski definition) is 3. The van der Waals surface area contributed by atoms with E-state index in [2.05, 4.69) is 5.32 Å². The van der Waals surface area contributed by atoms with Gasteiger partial charge in [-0.15, -0.1) is 0 Å². The summed E-state index contributed by atoms with van der Waals surface area (Å²) < 4.78 is 5.13. The molecule has 0 aromatic carbocycles. The zero-order valence-corrected chi connectivity index (χ0v) is 11.7. The Morgan fingerprint density at radius 2 is 1.82 bits per heavy atom. The lowest BCUT2D eigenvalue weighted by atomic mass is 10.2. The van der Waals surface area contributed by atoms with Crippen molar-refractivity contribution in [1.82, 2.24) is 10.2 Å². The minimum atomic E-state index is -0.542. The largest absolute Gasteiger partial charge is 0.444 e. The highest BCUT2D eigenvalue weighted by atomic mass is 16.6. The van der Waals surface area contributed by atoms with E-state index in [0.717, 1.165) is 0 Å². The van der Waals surface area contributed by atoms with E-state index in [9.17, 15) is 9.59 Å². The monoisotopic (exact) mass is 244 g/mol. The molecule has 0 heterocycles. The molecule has 5 heteroatoms. The van der Waals surface area contributed by atoms with Crippen LogP contribution in [0.3, 0.4) is 0 Å². The number of ether oxygens (including phenoxy) is 1. The van der Waals surface area contributed by atoms with Crippen LogP contribution in [0.1, 0.15) is 34.6 Å². The maximum absolute atomic E-state index is 11.6. The third kappa shape index (κ3) is 8.54. The van der Waals surface area contributed by atoms with Gasteiger partial charge in [-0.2, -0.15) is 0 Å². The van der Waals surface area contributed by atoms with E-state index in [1.165, 1.54) is 4.90 Å². The van der Waals surface area contributed by atoms with E-state index in [0.29, 0.717) is 12.5 Å². The molecule has 0 radical (unpaired) electrons. The van der Waals surface area contributed by atoms with Crippen LogP contribution in [0.2, 0.25) is 0 Å². The highest BCUT2D eigenvalue weighted by Crippen LogP contribution is 2.08. The van der Waals surface area contributed by atoms with Crippen molar-refractivity contribution in [2.24, 2.45) is 5.92 Å². The molecule has 0 rings (SSSR count). The summed E-state index contributed by atoms with van der Waals surface area (Å²) in [7, 11) is 1.54. The molecule has 0 aromatic heterocycles. The van der Waals surface area contributed by atoms with Gasteiger partial charge in [0.2, 0.25) is 5.91 Å². The Balaban J connectivity index is 4.04. The smallest absolute Gasteiger partial charge is 0.410 e. The molecule has 17 heavy (non-hydrogen) atoms. The van der Waals surface area contributed by atoms with Gasteiger partial charge in [0.15, 0.2) is 0 Å².